The lowest BCUT2D eigenvalue weighted by atomic mass is 10.0. The van der Waals surface area contributed by atoms with Crippen molar-refractivity contribution in [1.29, 1.82) is 0 Å². The van der Waals surface area contributed by atoms with Gasteiger partial charge in [-0.2, -0.15) is 13.2 Å². The number of amides is 2. The first-order valence-electron chi connectivity index (χ1n) is 13.7. The molecule has 1 aliphatic heterocycles. The van der Waals surface area contributed by atoms with Crippen LogP contribution in [0.3, 0.4) is 0 Å². The van der Waals surface area contributed by atoms with Crippen molar-refractivity contribution >= 4 is 33.3 Å². The SMILES string of the molecule is CS(=O)(=O)c1ccc2c(c1)CN(C(=O)[C@H]1CC1(F)F)[C@H]2C(=O)Nc1cnc(N(Cc2ccc(C(F)(F)F)cc2)C2CC2)nc1. The van der Waals surface area contributed by atoms with E-state index in [2.05, 4.69) is 15.3 Å². The molecule has 2 atom stereocenters. The highest BCUT2D eigenvalue weighted by molar-refractivity contribution is 7.90. The maximum Gasteiger partial charge on any atom is 0.416 e. The van der Waals surface area contributed by atoms with Gasteiger partial charge in [0.25, 0.3) is 11.8 Å². The predicted octanol–water partition coefficient (Wildman–Crippen LogP) is 4.75. The van der Waals surface area contributed by atoms with E-state index >= 15 is 0 Å². The minimum atomic E-state index is -4.44. The van der Waals surface area contributed by atoms with E-state index in [0.29, 0.717) is 22.6 Å². The van der Waals surface area contributed by atoms with Crippen LogP contribution in [0.25, 0.3) is 0 Å². The lowest BCUT2D eigenvalue weighted by Gasteiger charge is -2.25. The number of anilines is 2. The van der Waals surface area contributed by atoms with Gasteiger partial charge < -0.3 is 15.1 Å². The van der Waals surface area contributed by atoms with E-state index in [0.717, 1.165) is 36.1 Å². The zero-order chi connectivity index (χ0) is 31.6. The van der Waals surface area contributed by atoms with Gasteiger partial charge in [-0.3, -0.25) is 9.59 Å². The molecule has 9 nitrogen and oxygen atoms in total. The van der Waals surface area contributed by atoms with E-state index in [9.17, 15) is 40.0 Å². The number of benzene rings is 2. The van der Waals surface area contributed by atoms with Crippen LogP contribution in [0, 0.1) is 5.92 Å². The van der Waals surface area contributed by atoms with Crippen molar-refractivity contribution in [2.45, 2.75) is 61.4 Å². The first kappa shape index (κ1) is 29.9. The van der Waals surface area contributed by atoms with E-state index in [4.69, 9.17) is 0 Å². The highest BCUT2D eigenvalue weighted by Gasteiger charge is 2.63. The molecule has 0 unspecified atom stereocenters. The third kappa shape index (κ3) is 5.97. The van der Waals surface area contributed by atoms with Gasteiger partial charge in [-0.15, -0.1) is 0 Å². The molecule has 0 bridgehead atoms. The molecule has 0 spiro atoms. The number of hydrogen-bond donors (Lipinski definition) is 1. The highest BCUT2D eigenvalue weighted by Crippen LogP contribution is 2.51. The van der Waals surface area contributed by atoms with Gasteiger partial charge in [0.2, 0.25) is 11.9 Å². The van der Waals surface area contributed by atoms with Gasteiger partial charge in [-0.1, -0.05) is 18.2 Å². The summed E-state index contributed by atoms with van der Waals surface area (Å²) in [5.41, 5.74) is 0.731. The molecule has 2 amide bonds. The summed E-state index contributed by atoms with van der Waals surface area (Å²) in [6, 6.07) is 7.69. The molecule has 2 aromatic carbocycles. The average molecular weight is 636 g/mol. The van der Waals surface area contributed by atoms with Gasteiger partial charge in [0, 0.05) is 31.8 Å². The zero-order valence-electron chi connectivity index (χ0n) is 23.2. The van der Waals surface area contributed by atoms with Crippen molar-refractivity contribution in [2.24, 2.45) is 5.92 Å². The van der Waals surface area contributed by atoms with Crippen molar-refractivity contribution in [3.8, 4) is 0 Å². The third-order valence-electron chi connectivity index (χ3n) is 7.93. The zero-order valence-corrected chi connectivity index (χ0v) is 24.0. The van der Waals surface area contributed by atoms with Gasteiger partial charge in [0.1, 0.15) is 12.0 Å². The number of alkyl halides is 5. The Morgan fingerprint density at radius 2 is 1.70 bits per heavy atom. The van der Waals surface area contributed by atoms with Crippen LogP contribution in [0.4, 0.5) is 33.6 Å². The summed E-state index contributed by atoms with van der Waals surface area (Å²) in [5.74, 6) is -6.03. The molecule has 6 rings (SSSR count). The quantitative estimate of drug-likeness (QED) is 0.356. The Morgan fingerprint density at radius 1 is 1.07 bits per heavy atom. The molecular weight excluding hydrogens is 609 g/mol. The minimum absolute atomic E-state index is 0.0260. The third-order valence-corrected chi connectivity index (χ3v) is 9.04. The fraction of sp³-hybridized carbons (Fsp3) is 0.379. The Kier molecular flexibility index (Phi) is 7.13. The Balaban J connectivity index is 1.20. The molecule has 1 N–H and O–H groups in total. The predicted molar refractivity (Wildman–Crippen MR) is 147 cm³/mol. The second-order valence-corrected chi connectivity index (χ2v) is 13.3. The van der Waals surface area contributed by atoms with Crippen molar-refractivity contribution < 1.29 is 40.0 Å². The normalized spacial score (nSPS) is 20.6. The number of fused-ring (bicyclic) bond motifs is 1. The minimum Gasteiger partial charge on any atom is -0.334 e. The molecule has 2 saturated carbocycles. The number of rotatable bonds is 8. The van der Waals surface area contributed by atoms with Crippen LogP contribution in [0.1, 0.15) is 47.6 Å². The van der Waals surface area contributed by atoms with Crippen LogP contribution < -0.4 is 10.2 Å². The van der Waals surface area contributed by atoms with Crippen molar-refractivity contribution in [3.05, 3.63) is 77.1 Å². The molecule has 2 fully saturated rings. The molecule has 3 aliphatic rings. The summed E-state index contributed by atoms with van der Waals surface area (Å²) in [6.45, 7) is 0.0592. The summed E-state index contributed by atoms with van der Waals surface area (Å²) in [5, 5.41) is 2.63. The van der Waals surface area contributed by atoms with E-state index < -0.39 is 57.7 Å². The van der Waals surface area contributed by atoms with E-state index in [1.54, 1.807) is 0 Å². The van der Waals surface area contributed by atoms with Gasteiger partial charge in [-0.25, -0.2) is 27.2 Å². The van der Waals surface area contributed by atoms with Gasteiger partial charge in [-0.05, 0) is 53.8 Å². The number of carbonyl (C=O) groups excluding carboxylic acids is 2. The fourth-order valence-corrected chi connectivity index (χ4v) is 5.99. The lowest BCUT2D eigenvalue weighted by Crippen LogP contribution is -2.38. The van der Waals surface area contributed by atoms with E-state index in [1.807, 2.05) is 4.90 Å². The second-order valence-electron chi connectivity index (χ2n) is 11.3. The average Bonchev–Trinajstić information content (AvgIpc) is 3.86. The lowest BCUT2D eigenvalue weighted by molar-refractivity contribution is -0.141. The number of sulfone groups is 1. The smallest absolute Gasteiger partial charge is 0.334 e. The number of aromatic nitrogens is 2. The number of nitrogens with one attached hydrogen (secondary N) is 1. The maximum absolute atomic E-state index is 13.8. The van der Waals surface area contributed by atoms with Crippen LogP contribution in [0.5, 0.6) is 0 Å². The van der Waals surface area contributed by atoms with Gasteiger partial charge in [0.15, 0.2) is 9.84 Å². The van der Waals surface area contributed by atoms with E-state index in [1.165, 1.54) is 42.7 Å². The number of hydrogen-bond acceptors (Lipinski definition) is 7. The largest absolute Gasteiger partial charge is 0.416 e. The molecule has 44 heavy (non-hydrogen) atoms. The molecule has 0 saturated heterocycles. The summed E-state index contributed by atoms with van der Waals surface area (Å²) in [7, 11) is -3.60. The first-order chi connectivity index (χ1) is 20.6. The number of halogens is 5. The molecule has 2 heterocycles. The van der Waals surface area contributed by atoms with Crippen molar-refractivity contribution in [1.82, 2.24) is 14.9 Å². The van der Waals surface area contributed by atoms with Gasteiger partial charge >= 0.3 is 6.18 Å². The fourth-order valence-electron chi connectivity index (χ4n) is 5.32. The summed E-state index contributed by atoms with van der Waals surface area (Å²) < 4.78 is 90.6. The molecule has 232 valence electrons. The number of carbonyl (C=O) groups is 2. The first-order valence-corrected chi connectivity index (χ1v) is 15.6. The van der Waals surface area contributed by atoms with Crippen LogP contribution in [-0.2, 0) is 38.7 Å². The Hall–Kier alpha value is -4.14. The molecule has 3 aromatic rings. The topological polar surface area (TPSA) is 113 Å². The Bertz CT molecular complexity index is 1730. The molecule has 2 aliphatic carbocycles. The van der Waals surface area contributed by atoms with E-state index in [-0.39, 0.29) is 29.7 Å². The molecule has 15 heteroatoms. The highest BCUT2D eigenvalue weighted by atomic mass is 32.2. The Labute approximate surface area is 249 Å². The summed E-state index contributed by atoms with van der Waals surface area (Å²) in [6.07, 6.45) is 0.340. The monoisotopic (exact) mass is 635 g/mol. The maximum atomic E-state index is 13.8. The van der Waals surface area contributed by atoms with Crippen molar-refractivity contribution in [3.63, 3.8) is 0 Å². The van der Waals surface area contributed by atoms with Gasteiger partial charge in [0.05, 0.1) is 28.5 Å². The Morgan fingerprint density at radius 3 is 2.25 bits per heavy atom. The van der Waals surface area contributed by atoms with Crippen LogP contribution >= 0.6 is 0 Å². The molecule has 0 radical (unpaired) electrons. The summed E-state index contributed by atoms with van der Waals surface area (Å²) >= 11 is 0. The second kappa shape index (κ2) is 10.5. The summed E-state index contributed by atoms with van der Waals surface area (Å²) in [4.78, 5) is 38.1. The van der Waals surface area contributed by atoms with Crippen LogP contribution in [0.15, 0.2) is 59.8 Å². The van der Waals surface area contributed by atoms with Crippen molar-refractivity contribution in [2.75, 3.05) is 16.5 Å². The molecular formula is C29H26F5N5O4S. The molecule has 1 aromatic heterocycles. The van der Waals surface area contributed by atoms with Crippen LogP contribution in [-0.4, -0.2) is 53.3 Å². The van der Waals surface area contributed by atoms with Crippen LogP contribution in [0.2, 0.25) is 0 Å². The standard InChI is InChI=1S/C29H26F5N5O4S/c1-44(42,43)21-8-9-22-17(10-21)15-39(26(41)23-11-28(23,30)31)24(22)25(40)37-19-12-35-27(36-13-19)38(20-6-7-20)14-16-2-4-18(5-3-16)29(32,33)34/h2-5,8-10,12-13,20,23-24H,6-7,11,14-15H2,1H3,(H,37,40)/t23-,24-/m1/s1. The number of nitrogens with zero attached hydrogens (tertiary/aromatic N) is 4.